The van der Waals surface area contributed by atoms with Gasteiger partial charge in [0.15, 0.2) is 0 Å². The van der Waals surface area contributed by atoms with E-state index in [0.717, 1.165) is 16.2 Å². The molecule has 0 saturated heterocycles. The van der Waals surface area contributed by atoms with Gasteiger partial charge in [0.25, 0.3) is 0 Å². The minimum atomic E-state index is -3.61. The molecule has 0 radical (unpaired) electrons. The minimum Gasteiger partial charge on any atom is -0.349 e. The highest BCUT2D eigenvalue weighted by Gasteiger charge is 2.10. The highest BCUT2D eigenvalue weighted by Crippen LogP contribution is 2.20. The van der Waals surface area contributed by atoms with Crippen LogP contribution >= 0.6 is 11.3 Å². The summed E-state index contributed by atoms with van der Waals surface area (Å²) in [5.74, 6) is 0.498. The molecule has 2 aromatic rings. The van der Waals surface area contributed by atoms with E-state index in [2.05, 4.69) is 15.3 Å². The SMILES string of the molecule is NS(=O)(=O)c1ccc(CNc2ncccn2)s1. The van der Waals surface area contributed by atoms with Crippen LogP contribution < -0.4 is 10.5 Å². The number of rotatable bonds is 4. The predicted molar refractivity (Wildman–Crippen MR) is 65.1 cm³/mol. The van der Waals surface area contributed by atoms with Crippen molar-refractivity contribution in [1.82, 2.24) is 9.97 Å². The Morgan fingerprint density at radius 2 is 2.00 bits per heavy atom. The first kappa shape index (κ1) is 12.0. The van der Waals surface area contributed by atoms with Crippen molar-refractivity contribution in [3.05, 3.63) is 35.5 Å². The summed E-state index contributed by atoms with van der Waals surface area (Å²) in [6, 6.07) is 4.92. The molecule has 0 aliphatic rings. The Morgan fingerprint density at radius 1 is 1.29 bits per heavy atom. The first-order valence-corrected chi connectivity index (χ1v) is 7.04. The number of nitrogens with one attached hydrogen (secondary N) is 1. The Bertz CT molecular complexity index is 594. The smallest absolute Gasteiger partial charge is 0.247 e. The first-order chi connectivity index (χ1) is 8.05. The van der Waals surface area contributed by atoms with Crippen molar-refractivity contribution in [3.8, 4) is 0 Å². The Hall–Kier alpha value is -1.51. The topological polar surface area (TPSA) is 98.0 Å². The van der Waals surface area contributed by atoms with Gasteiger partial charge >= 0.3 is 0 Å². The van der Waals surface area contributed by atoms with Crippen molar-refractivity contribution in [3.63, 3.8) is 0 Å². The molecular weight excluding hydrogens is 260 g/mol. The molecule has 2 rings (SSSR count). The van der Waals surface area contributed by atoms with Gasteiger partial charge in [-0.15, -0.1) is 11.3 Å². The molecule has 0 bridgehead atoms. The predicted octanol–water partition coefficient (Wildman–Crippen LogP) is 0.798. The molecule has 0 atom stereocenters. The number of hydrogen-bond acceptors (Lipinski definition) is 6. The third-order valence-electron chi connectivity index (χ3n) is 1.90. The Balaban J connectivity index is 2.04. The highest BCUT2D eigenvalue weighted by atomic mass is 32.2. The van der Waals surface area contributed by atoms with Crippen molar-refractivity contribution in [2.75, 3.05) is 5.32 Å². The van der Waals surface area contributed by atoms with Crippen LogP contribution in [0.1, 0.15) is 4.88 Å². The van der Waals surface area contributed by atoms with Gasteiger partial charge in [-0.25, -0.2) is 23.5 Å². The highest BCUT2D eigenvalue weighted by molar-refractivity contribution is 7.91. The average Bonchev–Trinajstić information content (AvgIpc) is 2.76. The molecule has 0 aromatic carbocycles. The fraction of sp³-hybridized carbons (Fsp3) is 0.111. The minimum absolute atomic E-state index is 0.156. The molecule has 0 amide bonds. The third kappa shape index (κ3) is 3.22. The molecular formula is C9H10N4O2S2. The lowest BCUT2D eigenvalue weighted by Crippen LogP contribution is -2.09. The van der Waals surface area contributed by atoms with Crippen molar-refractivity contribution in [2.45, 2.75) is 10.8 Å². The van der Waals surface area contributed by atoms with Gasteiger partial charge in [-0.2, -0.15) is 0 Å². The second-order valence-corrected chi connectivity index (χ2v) is 6.15. The number of thiophene rings is 1. The zero-order valence-electron chi connectivity index (χ0n) is 8.70. The van der Waals surface area contributed by atoms with Crippen LogP contribution in [-0.4, -0.2) is 18.4 Å². The van der Waals surface area contributed by atoms with E-state index in [1.54, 1.807) is 24.5 Å². The summed E-state index contributed by atoms with van der Waals surface area (Å²) in [5, 5.41) is 7.99. The van der Waals surface area contributed by atoms with E-state index in [0.29, 0.717) is 12.5 Å². The average molecular weight is 270 g/mol. The monoisotopic (exact) mass is 270 g/mol. The first-order valence-electron chi connectivity index (χ1n) is 4.68. The second kappa shape index (κ2) is 4.78. The maximum atomic E-state index is 11.1. The normalized spacial score (nSPS) is 11.4. The van der Waals surface area contributed by atoms with Gasteiger partial charge in [-0.1, -0.05) is 0 Å². The summed E-state index contributed by atoms with van der Waals surface area (Å²) < 4.78 is 22.3. The quantitative estimate of drug-likeness (QED) is 0.856. The van der Waals surface area contributed by atoms with E-state index in [1.807, 2.05) is 0 Å². The number of primary sulfonamides is 1. The van der Waals surface area contributed by atoms with Gasteiger partial charge in [-0.05, 0) is 18.2 Å². The largest absolute Gasteiger partial charge is 0.349 e. The van der Waals surface area contributed by atoms with Crippen LogP contribution in [0.25, 0.3) is 0 Å². The summed E-state index contributed by atoms with van der Waals surface area (Å²) in [5.41, 5.74) is 0. The number of nitrogens with two attached hydrogens (primary N) is 1. The molecule has 90 valence electrons. The van der Waals surface area contributed by atoms with E-state index in [-0.39, 0.29) is 4.21 Å². The summed E-state index contributed by atoms with van der Waals surface area (Å²) in [7, 11) is -3.61. The third-order valence-corrected chi connectivity index (χ3v) is 4.43. The Morgan fingerprint density at radius 3 is 2.59 bits per heavy atom. The van der Waals surface area contributed by atoms with Gasteiger partial charge in [0.2, 0.25) is 16.0 Å². The van der Waals surface area contributed by atoms with Crippen LogP contribution in [0.2, 0.25) is 0 Å². The summed E-state index contributed by atoms with van der Waals surface area (Å²) in [4.78, 5) is 8.83. The molecule has 0 saturated carbocycles. The van der Waals surface area contributed by atoms with Gasteiger partial charge in [0, 0.05) is 17.3 Å². The summed E-state index contributed by atoms with van der Waals surface area (Å²) in [6.45, 7) is 0.463. The number of aromatic nitrogens is 2. The van der Waals surface area contributed by atoms with Crippen LogP contribution in [0.5, 0.6) is 0 Å². The maximum absolute atomic E-state index is 11.1. The van der Waals surface area contributed by atoms with Crippen LogP contribution in [-0.2, 0) is 16.6 Å². The van der Waals surface area contributed by atoms with E-state index in [4.69, 9.17) is 5.14 Å². The van der Waals surface area contributed by atoms with E-state index >= 15 is 0 Å². The zero-order chi connectivity index (χ0) is 12.3. The van der Waals surface area contributed by atoms with Gasteiger partial charge in [0.1, 0.15) is 4.21 Å². The lowest BCUT2D eigenvalue weighted by Gasteiger charge is -2.00. The standard InChI is InChI=1S/C9H10N4O2S2/c10-17(14,15)8-3-2-7(16-8)6-13-9-11-4-1-5-12-9/h1-5H,6H2,(H2,10,14,15)(H,11,12,13). The van der Waals surface area contributed by atoms with Crippen LogP contribution in [0.3, 0.4) is 0 Å². The molecule has 17 heavy (non-hydrogen) atoms. The molecule has 0 spiro atoms. The van der Waals surface area contributed by atoms with Crippen molar-refractivity contribution < 1.29 is 8.42 Å². The Kier molecular flexibility index (Phi) is 3.36. The second-order valence-electron chi connectivity index (χ2n) is 3.19. The van der Waals surface area contributed by atoms with Crippen molar-refractivity contribution in [1.29, 1.82) is 0 Å². The molecule has 0 unspecified atom stereocenters. The molecule has 3 N–H and O–H groups in total. The van der Waals surface area contributed by atoms with E-state index in [1.165, 1.54) is 6.07 Å². The maximum Gasteiger partial charge on any atom is 0.247 e. The van der Waals surface area contributed by atoms with Crippen LogP contribution in [0.4, 0.5) is 5.95 Å². The fourth-order valence-electron chi connectivity index (χ4n) is 1.16. The molecule has 8 heteroatoms. The zero-order valence-corrected chi connectivity index (χ0v) is 10.3. The number of nitrogens with zero attached hydrogens (tertiary/aromatic N) is 2. The molecule has 2 heterocycles. The number of hydrogen-bond donors (Lipinski definition) is 2. The van der Waals surface area contributed by atoms with Gasteiger partial charge in [-0.3, -0.25) is 0 Å². The molecule has 2 aromatic heterocycles. The van der Waals surface area contributed by atoms with E-state index < -0.39 is 10.0 Å². The molecule has 0 fully saturated rings. The summed E-state index contributed by atoms with van der Waals surface area (Å²) >= 11 is 1.13. The molecule has 6 nitrogen and oxygen atoms in total. The summed E-state index contributed by atoms with van der Waals surface area (Å²) in [6.07, 6.45) is 3.25. The molecule has 0 aliphatic carbocycles. The van der Waals surface area contributed by atoms with Crippen LogP contribution in [0, 0.1) is 0 Å². The van der Waals surface area contributed by atoms with E-state index in [9.17, 15) is 8.42 Å². The van der Waals surface area contributed by atoms with Crippen molar-refractivity contribution >= 4 is 27.3 Å². The molecule has 0 aliphatic heterocycles. The Labute approximate surface area is 103 Å². The van der Waals surface area contributed by atoms with Gasteiger partial charge in [0.05, 0.1) is 6.54 Å². The lowest BCUT2D eigenvalue weighted by atomic mass is 10.5. The van der Waals surface area contributed by atoms with Crippen molar-refractivity contribution in [2.24, 2.45) is 5.14 Å². The number of anilines is 1. The van der Waals surface area contributed by atoms with Gasteiger partial charge < -0.3 is 5.32 Å². The number of sulfonamides is 1. The fourth-order valence-corrected chi connectivity index (χ4v) is 2.88. The van der Waals surface area contributed by atoms with Crippen LogP contribution in [0.15, 0.2) is 34.8 Å². The lowest BCUT2D eigenvalue weighted by molar-refractivity contribution is 0.600.